The average Bonchev–Trinajstić information content (AvgIpc) is 2.70. The monoisotopic (exact) mass is 446 g/mol. The second-order valence-electron chi connectivity index (χ2n) is 8.37. The molecule has 1 atom stereocenters. The topological polar surface area (TPSA) is 17.1 Å². The van der Waals surface area contributed by atoms with E-state index in [-0.39, 0.29) is 17.3 Å². The Balaban J connectivity index is 2.19. The molecule has 0 amide bonds. The van der Waals surface area contributed by atoms with E-state index in [4.69, 9.17) is 0 Å². The van der Waals surface area contributed by atoms with Crippen molar-refractivity contribution in [1.82, 2.24) is 0 Å². The Morgan fingerprint density at radius 3 is 1.75 bits per heavy atom. The van der Waals surface area contributed by atoms with Gasteiger partial charge in [0.2, 0.25) is 0 Å². The van der Waals surface area contributed by atoms with Crippen LogP contribution in [0.2, 0.25) is 0 Å². The Morgan fingerprint density at radius 2 is 1.28 bits per heavy atom. The molecule has 0 aliphatic heterocycles. The SMILES string of the molecule is CC(=O)C(CC(C)C)c1cc(-c2ccc(C(F)(F)F)cc2)cc(-c2cc(F)cc(F)c2)c1. The van der Waals surface area contributed by atoms with Gasteiger partial charge in [-0.3, -0.25) is 4.79 Å². The summed E-state index contributed by atoms with van der Waals surface area (Å²) in [5.74, 6) is -1.77. The molecule has 0 saturated carbocycles. The first-order valence-corrected chi connectivity index (χ1v) is 10.2. The molecule has 0 saturated heterocycles. The van der Waals surface area contributed by atoms with Gasteiger partial charge in [0, 0.05) is 12.0 Å². The van der Waals surface area contributed by atoms with Gasteiger partial charge in [0.05, 0.1) is 5.56 Å². The Bertz CT molecular complexity index is 1090. The summed E-state index contributed by atoms with van der Waals surface area (Å²) >= 11 is 0. The first-order chi connectivity index (χ1) is 14.9. The smallest absolute Gasteiger partial charge is 0.299 e. The number of carbonyl (C=O) groups is 1. The summed E-state index contributed by atoms with van der Waals surface area (Å²) < 4.78 is 66.6. The van der Waals surface area contributed by atoms with Crippen LogP contribution < -0.4 is 0 Å². The maximum absolute atomic E-state index is 13.9. The molecule has 168 valence electrons. The zero-order valence-corrected chi connectivity index (χ0v) is 17.9. The third-order valence-electron chi connectivity index (χ3n) is 5.30. The van der Waals surface area contributed by atoms with Gasteiger partial charge in [-0.2, -0.15) is 13.2 Å². The molecule has 0 radical (unpaired) electrons. The lowest BCUT2D eigenvalue weighted by Crippen LogP contribution is -2.12. The van der Waals surface area contributed by atoms with Crippen LogP contribution in [0.1, 0.15) is 44.2 Å². The normalized spacial score (nSPS) is 12.8. The number of alkyl halides is 3. The van der Waals surface area contributed by atoms with E-state index in [1.165, 1.54) is 31.2 Å². The van der Waals surface area contributed by atoms with E-state index < -0.39 is 29.3 Å². The number of ketones is 1. The van der Waals surface area contributed by atoms with Crippen LogP contribution in [0.4, 0.5) is 22.0 Å². The highest BCUT2D eigenvalue weighted by atomic mass is 19.4. The molecule has 0 spiro atoms. The molecule has 32 heavy (non-hydrogen) atoms. The van der Waals surface area contributed by atoms with E-state index in [1.807, 2.05) is 13.8 Å². The van der Waals surface area contributed by atoms with Crippen molar-refractivity contribution in [1.29, 1.82) is 0 Å². The van der Waals surface area contributed by atoms with Gasteiger partial charge in [0.1, 0.15) is 17.4 Å². The van der Waals surface area contributed by atoms with Crippen LogP contribution in [0.5, 0.6) is 0 Å². The molecule has 1 nitrogen and oxygen atoms in total. The Kier molecular flexibility index (Phi) is 6.82. The summed E-state index contributed by atoms with van der Waals surface area (Å²) in [5.41, 5.74) is 1.71. The fraction of sp³-hybridized carbons (Fsp3) is 0.269. The van der Waals surface area contributed by atoms with Crippen LogP contribution >= 0.6 is 0 Å². The molecule has 3 rings (SSSR count). The van der Waals surface area contributed by atoms with Gasteiger partial charge < -0.3 is 0 Å². The van der Waals surface area contributed by atoms with Gasteiger partial charge in [0.15, 0.2) is 0 Å². The molecule has 0 aliphatic carbocycles. The van der Waals surface area contributed by atoms with Crippen molar-refractivity contribution in [3.05, 3.63) is 83.4 Å². The van der Waals surface area contributed by atoms with Crippen LogP contribution in [0, 0.1) is 17.6 Å². The maximum atomic E-state index is 13.9. The highest BCUT2D eigenvalue weighted by Gasteiger charge is 2.30. The van der Waals surface area contributed by atoms with Crippen LogP contribution in [0.15, 0.2) is 60.7 Å². The van der Waals surface area contributed by atoms with Crippen LogP contribution in [0.25, 0.3) is 22.3 Å². The molecule has 0 heterocycles. The summed E-state index contributed by atoms with van der Waals surface area (Å²) in [7, 11) is 0. The van der Waals surface area contributed by atoms with Crippen molar-refractivity contribution in [3.8, 4) is 22.3 Å². The van der Waals surface area contributed by atoms with Gasteiger partial charge in [-0.25, -0.2) is 8.78 Å². The second kappa shape index (κ2) is 9.23. The minimum atomic E-state index is -4.46. The standard InChI is InChI=1S/C26H23F5O/c1-15(2)8-25(16(3)32)21-10-18(17-4-6-22(7-5-17)26(29,30)31)9-19(11-21)20-12-23(27)14-24(28)13-20/h4-7,9-15,25H,8H2,1-3H3. The van der Waals surface area contributed by atoms with Crippen molar-refractivity contribution in [2.75, 3.05) is 0 Å². The van der Waals surface area contributed by atoms with Gasteiger partial charge >= 0.3 is 6.18 Å². The quantitative estimate of drug-likeness (QED) is 0.350. The molecule has 0 aromatic heterocycles. The van der Waals surface area contributed by atoms with Gasteiger partial charge in [0.25, 0.3) is 0 Å². The lowest BCUT2D eigenvalue weighted by Gasteiger charge is -2.19. The van der Waals surface area contributed by atoms with Crippen LogP contribution in [0.3, 0.4) is 0 Å². The molecule has 3 aromatic rings. The zero-order chi connectivity index (χ0) is 23.6. The minimum absolute atomic E-state index is 0.0559. The van der Waals surface area contributed by atoms with Crippen molar-refractivity contribution < 1.29 is 26.7 Å². The number of rotatable bonds is 6. The Morgan fingerprint density at radius 1 is 0.781 bits per heavy atom. The average molecular weight is 446 g/mol. The number of carbonyl (C=O) groups excluding carboxylic acids is 1. The van der Waals surface area contributed by atoms with Crippen molar-refractivity contribution in [3.63, 3.8) is 0 Å². The van der Waals surface area contributed by atoms with E-state index >= 15 is 0 Å². The Labute approximate surface area is 183 Å². The third kappa shape index (κ3) is 5.61. The number of Topliss-reactive ketones (excluding diaryl/α,β-unsaturated/α-hetero) is 1. The largest absolute Gasteiger partial charge is 0.416 e. The first-order valence-electron chi connectivity index (χ1n) is 10.2. The van der Waals surface area contributed by atoms with Crippen LogP contribution in [-0.4, -0.2) is 5.78 Å². The summed E-state index contributed by atoms with van der Waals surface area (Å²) in [6, 6.07) is 12.9. The molecule has 3 aromatic carbocycles. The van der Waals surface area contributed by atoms with Crippen molar-refractivity contribution >= 4 is 5.78 Å². The molecule has 1 unspecified atom stereocenters. The van der Waals surface area contributed by atoms with E-state index in [0.29, 0.717) is 28.7 Å². The Hall–Kier alpha value is -3.02. The van der Waals surface area contributed by atoms with E-state index in [9.17, 15) is 26.7 Å². The van der Waals surface area contributed by atoms with Gasteiger partial charge in [-0.05, 0) is 77.4 Å². The summed E-state index contributed by atoms with van der Waals surface area (Å²) in [5, 5.41) is 0. The van der Waals surface area contributed by atoms with E-state index in [1.54, 1.807) is 18.2 Å². The molecule has 0 bridgehead atoms. The lowest BCUT2D eigenvalue weighted by atomic mass is 9.84. The van der Waals surface area contributed by atoms with Crippen LogP contribution in [-0.2, 0) is 11.0 Å². The molecule has 0 aliphatic rings. The molecular weight excluding hydrogens is 423 g/mol. The highest BCUT2D eigenvalue weighted by Crippen LogP contribution is 2.36. The fourth-order valence-electron chi connectivity index (χ4n) is 3.77. The lowest BCUT2D eigenvalue weighted by molar-refractivity contribution is -0.137. The van der Waals surface area contributed by atoms with E-state index in [2.05, 4.69) is 0 Å². The number of hydrogen-bond acceptors (Lipinski definition) is 1. The molecular formula is C26H23F5O. The highest BCUT2D eigenvalue weighted by molar-refractivity contribution is 5.85. The van der Waals surface area contributed by atoms with Gasteiger partial charge in [-0.15, -0.1) is 0 Å². The third-order valence-corrected chi connectivity index (χ3v) is 5.30. The predicted molar refractivity (Wildman–Crippen MR) is 115 cm³/mol. The zero-order valence-electron chi connectivity index (χ0n) is 17.9. The maximum Gasteiger partial charge on any atom is 0.416 e. The first kappa shape index (κ1) is 23.6. The number of benzene rings is 3. The molecule has 0 fully saturated rings. The summed E-state index contributed by atoms with van der Waals surface area (Å²) in [6.07, 6.45) is -3.88. The molecule has 6 heteroatoms. The summed E-state index contributed by atoms with van der Waals surface area (Å²) in [6.45, 7) is 5.45. The minimum Gasteiger partial charge on any atom is -0.299 e. The van der Waals surface area contributed by atoms with Crippen molar-refractivity contribution in [2.45, 2.75) is 39.3 Å². The summed E-state index contributed by atoms with van der Waals surface area (Å²) in [4.78, 5) is 12.4. The van der Waals surface area contributed by atoms with E-state index in [0.717, 1.165) is 18.2 Å². The number of halogens is 5. The number of hydrogen-bond donors (Lipinski definition) is 0. The fourth-order valence-corrected chi connectivity index (χ4v) is 3.77. The van der Waals surface area contributed by atoms with Crippen molar-refractivity contribution in [2.24, 2.45) is 5.92 Å². The second-order valence-corrected chi connectivity index (χ2v) is 8.37. The molecule has 0 N–H and O–H groups in total. The van der Waals surface area contributed by atoms with Gasteiger partial charge in [-0.1, -0.05) is 38.1 Å². The predicted octanol–water partition coefficient (Wildman–Crippen LogP) is 8.04.